The molecule has 2 amide bonds. The first-order valence-corrected chi connectivity index (χ1v) is 6.86. The van der Waals surface area contributed by atoms with Gasteiger partial charge in [-0.25, -0.2) is 0 Å². The first-order chi connectivity index (χ1) is 10.3. The van der Waals surface area contributed by atoms with E-state index in [0.29, 0.717) is 30.6 Å². The van der Waals surface area contributed by atoms with Gasteiger partial charge in [0, 0.05) is 25.5 Å². The highest BCUT2D eigenvalue weighted by molar-refractivity contribution is 6.21. The summed E-state index contributed by atoms with van der Waals surface area (Å²) in [6, 6.07) is 10.7. The fourth-order valence-electron chi connectivity index (χ4n) is 2.38. The average molecular weight is 281 g/mol. The summed E-state index contributed by atoms with van der Waals surface area (Å²) in [5.41, 5.74) is 1.94. The number of carbonyl (C=O) groups excluding carboxylic acids is 2. The molecule has 1 aliphatic rings. The van der Waals surface area contributed by atoms with Crippen molar-refractivity contribution in [2.75, 3.05) is 18.4 Å². The van der Waals surface area contributed by atoms with Crippen molar-refractivity contribution in [2.24, 2.45) is 0 Å². The van der Waals surface area contributed by atoms with Crippen LogP contribution in [0.5, 0.6) is 0 Å². The van der Waals surface area contributed by atoms with E-state index in [4.69, 9.17) is 0 Å². The third kappa shape index (κ3) is 2.63. The summed E-state index contributed by atoms with van der Waals surface area (Å²) in [5.74, 6) is -0.394. The molecular formula is C16H15N3O2. The SMILES string of the molecule is O=C1c2ccccc2C(=O)N1CCCNc1cccnc1. The second-order valence-electron chi connectivity index (χ2n) is 4.83. The smallest absolute Gasteiger partial charge is 0.261 e. The molecule has 1 aromatic heterocycles. The maximum absolute atomic E-state index is 12.1. The molecular weight excluding hydrogens is 266 g/mol. The van der Waals surface area contributed by atoms with Gasteiger partial charge in [-0.15, -0.1) is 0 Å². The van der Waals surface area contributed by atoms with Crippen LogP contribution in [0.3, 0.4) is 0 Å². The average Bonchev–Trinajstić information content (AvgIpc) is 2.77. The Hall–Kier alpha value is -2.69. The van der Waals surface area contributed by atoms with Crippen molar-refractivity contribution < 1.29 is 9.59 Å². The normalized spacial score (nSPS) is 13.4. The lowest BCUT2D eigenvalue weighted by Gasteiger charge is -2.14. The lowest BCUT2D eigenvalue weighted by atomic mass is 10.1. The van der Waals surface area contributed by atoms with E-state index in [-0.39, 0.29) is 11.8 Å². The Kier molecular flexibility index (Phi) is 3.64. The third-order valence-corrected chi connectivity index (χ3v) is 3.43. The molecule has 2 aromatic rings. The minimum Gasteiger partial charge on any atom is -0.384 e. The molecule has 2 heterocycles. The monoisotopic (exact) mass is 281 g/mol. The van der Waals surface area contributed by atoms with Gasteiger partial charge in [-0.05, 0) is 30.7 Å². The van der Waals surface area contributed by atoms with Gasteiger partial charge >= 0.3 is 0 Å². The third-order valence-electron chi connectivity index (χ3n) is 3.43. The van der Waals surface area contributed by atoms with E-state index < -0.39 is 0 Å². The number of carbonyl (C=O) groups is 2. The number of nitrogens with zero attached hydrogens (tertiary/aromatic N) is 2. The van der Waals surface area contributed by atoms with Crippen LogP contribution < -0.4 is 5.32 Å². The maximum atomic E-state index is 12.1. The van der Waals surface area contributed by atoms with Crippen molar-refractivity contribution in [1.29, 1.82) is 0 Å². The highest BCUT2D eigenvalue weighted by Crippen LogP contribution is 2.22. The Morgan fingerprint density at radius 3 is 2.33 bits per heavy atom. The molecule has 0 aliphatic carbocycles. The number of pyridine rings is 1. The van der Waals surface area contributed by atoms with Gasteiger partial charge in [0.05, 0.1) is 16.8 Å². The van der Waals surface area contributed by atoms with Crippen LogP contribution in [-0.2, 0) is 0 Å². The molecule has 0 radical (unpaired) electrons. The molecule has 106 valence electrons. The molecule has 0 unspecified atom stereocenters. The number of anilines is 1. The maximum Gasteiger partial charge on any atom is 0.261 e. The van der Waals surface area contributed by atoms with Crippen LogP contribution in [0.25, 0.3) is 0 Å². The van der Waals surface area contributed by atoms with E-state index in [1.165, 1.54) is 4.90 Å². The quantitative estimate of drug-likeness (QED) is 0.674. The van der Waals surface area contributed by atoms with Crippen LogP contribution in [0, 0.1) is 0 Å². The van der Waals surface area contributed by atoms with Crippen LogP contribution in [0.15, 0.2) is 48.8 Å². The predicted octanol–water partition coefficient (Wildman–Crippen LogP) is 2.18. The molecule has 21 heavy (non-hydrogen) atoms. The first-order valence-electron chi connectivity index (χ1n) is 6.86. The molecule has 5 heteroatoms. The van der Waals surface area contributed by atoms with Crippen LogP contribution in [-0.4, -0.2) is 34.8 Å². The summed E-state index contributed by atoms with van der Waals surface area (Å²) in [6.07, 6.45) is 4.15. The molecule has 0 fully saturated rings. The van der Waals surface area contributed by atoms with Gasteiger partial charge in [0.25, 0.3) is 11.8 Å². The van der Waals surface area contributed by atoms with Crippen molar-refractivity contribution in [3.05, 3.63) is 59.9 Å². The second kappa shape index (κ2) is 5.75. The molecule has 0 saturated carbocycles. The van der Waals surface area contributed by atoms with Crippen LogP contribution in [0.2, 0.25) is 0 Å². The fourth-order valence-corrected chi connectivity index (χ4v) is 2.38. The Balaban J connectivity index is 1.55. The number of hydrogen-bond acceptors (Lipinski definition) is 4. The van der Waals surface area contributed by atoms with Crippen LogP contribution in [0.4, 0.5) is 5.69 Å². The number of rotatable bonds is 5. The molecule has 0 atom stereocenters. The van der Waals surface area contributed by atoms with E-state index in [2.05, 4.69) is 10.3 Å². The summed E-state index contributed by atoms with van der Waals surface area (Å²) < 4.78 is 0. The summed E-state index contributed by atoms with van der Waals surface area (Å²) in [4.78, 5) is 29.6. The van der Waals surface area contributed by atoms with E-state index in [9.17, 15) is 9.59 Å². The zero-order chi connectivity index (χ0) is 14.7. The Bertz CT molecular complexity index is 635. The predicted molar refractivity (Wildman–Crippen MR) is 79.2 cm³/mol. The minimum absolute atomic E-state index is 0.197. The molecule has 0 spiro atoms. The Labute approximate surface area is 122 Å². The highest BCUT2D eigenvalue weighted by atomic mass is 16.2. The van der Waals surface area contributed by atoms with Crippen molar-refractivity contribution in [1.82, 2.24) is 9.88 Å². The van der Waals surface area contributed by atoms with E-state index in [1.54, 1.807) is 36.7 Å². The minimum atomic E-state index is -0.197. The number of fused-ring (bicyclic) bond motifs is 1. The van der Waals surface area contributed by atoms with Gasteiger partial charge in [-0.1, -0.05) is 12.1 Å². The number of nitrogens with one attached hydrogen (secondary N) is 1. The molecule has 5 nitrogen and oxygen atoms in total. The van der Waals surface area contributed by atoms with Gasteiger partial charge in [0.1, 0.15) is 0 Å². The van der Waals surface area contributed by atoms with Gasteiger partial charge in [0.15, 0.2) is 0 Å². The van der Waals surface area contributed by atoms with E-state index in [0.717, 1.165) is 5.69 Å². The molecule has 0 saturated heterocycles. The van der Waals surface area contributed by atoms with Crippen LogP contribution >= 0.6 is 0 Å². The molecule has 0 bridgehead atoms. The Morgan fingerprint density at radius 2 is 1.71 bits per heavy atom. The molecule has 3 rings (SSSR count). The van der Waals surface area contributed by atoms with E-state index in [1.807, 2.05) is 12.1 Å². The summed E-state index contributed by atoms with van der Waals surface area (Å²) in [6.45, 7) is 1.10. The number of benzene rings is 1. The number of amides is 2. The number of imide groups is 1. The second-order valence-corrected chi connectivity index (χ2v) is 4.83. The Morgan fingerprint density at radius 1 is 1.00 bits per heavy atom. The highest BCUT2D eigenvalue weighted by Gasteiger charge is 2.34. The lowest BCUT2D eigenvalue weighted by molar-refractivity contribution is 0.0654. The number of aromatic nitrogens is 1. The summed E-state index contributed by atoms with van der Waals surface area (Å²) >= 11 is 0. The van der Waals surface area contributed by atoms with Gasteiger partial charge in [0.2, 0.25) is 0 Å². The summed E-state index contributed by atoms with van der Waals surface area (Å²) in [5, 5.41) is 3.21. The number of hydrogen-bond donors (Lipinski definition) is 1. The van der Waals surface area contributed by atoms with Gasteiger partial charge in [-0.3, -0.25) is 19.5 Å². The molecule has 1 N–H and O–H groups in total. The fraction of sp³-hybridized carbons (Fsp3) is 0.188. The topological polar surface area (TPSA) is 62.3 Å². The van der Waals surface area contributed by atoms with Crippen molar-refractivity contribution in [2.45, 2.75) is 6.42 Å². The molecule has 1 aromatic carbocycles. The van der Waals surface area contributed by atoms with Crippen molar-refractivity contribution >= 4 is 17.5 Å². The van der Waals surface area contributed by atoms with E-state index >= 15 is 0 Å². The van der Waals surface area contributed by atoms with Crippen LogP contribution in [0.1, 0.15) is 27.1 Å². The summed E-state index contributed by atoms with van der Waals surface area (Å²) in [7, 11) is 0. The lowest BCUT2D eigenvalue weighted by Crippen LogP contribution is -2.31. The van der Waals surface area contributed by atoms with Gasteiger partial charge < -0.3 is 5.32 Å². The zero-order valence-corrected chi connectivity index (χ0v) is 11.5. The van der Waals surface area contributed by atoms with Gasteiger partial charge in [-0.2, -0.15) is 0 Å². The standard InChI is InChI=1S/C16H15N3O2/c20-15-13-6-1-2-7-14(13)16(21)19(15)10-4-9-18-12-5-3-8-17-11-12/h1-3,5-8,11,18H,4,9-10H2. The molecule has 1 aliphatic heterocycles. The van der Waals surface area contributed by atoms with Crippen molar-refractivity contribution in [3.63, 3.8) is 0 Å². The zero-order valence-electron chi connectivity index (χ0n) is 11.5. The largest absolute Gasteiger partial charge is 0.384 e. The van der Waals surface area contributed by atoms with Crippen molar-refractivity contribution in [3.8, 4) is 0 Å². The first kappa shape index (κ1) is 13.3.